The van der Waals surface area contributed by atoms with Crippen LogP contribution in [0.5, 0.6) is 0 Å². The number of hydrogen-bond acceptors (Lipinski definition) is 3. The molecule has 0 fully saturated rings. The van der Waals surface area contributed by atoms with E-state index in [9.17, 15) is 0 Å². The number of anilines is 9. The first-order valence-electron chi connectivity index (χ1n) is 22.9. The fourth-order valence-corrected chi connectivity index (χ4v) is 10.8. The summed E-state index contributed by atoms with van der Waals surface area (Å²) in [7, 11) is 0. The van der Waals surface area contributed by atoms with Crippen molar-refractivity contribution in [1.29, 1.82) is 0 Å². The van der Waals surface area contributed by atoms with Crippen LogP contribution in [0.4, 0.5) is 51.2 Å². The molecular weight excluding hydrogens is 787 g/mol. The average molecular weight is 840 g/mol. The highest BCUT2D eigenvalue weighted by Gasteiger charge is 2.37. The lowest BCUT2D eigenvalue weighted by Crippen LogP contribution is -2.17. The molecule has 0 saturated carbocycles. The summed E-state index contributed by atoms with van der Waals surface area (Å²) in [5.41, 5.74) is 23.1. The molecule has 0 spiro atoms. The summed E-state index contributed by atoms with van der Waals surface area (Å²) in [6, 6.07) is 78.0. The van der Waals surface area contributed by atoms with Gasteiger partial charge in [0.15, 0.2) is 0 Å². The van der Waals surface area contributed by atoms with E-state index in [1.165, 1.54) is 61.3 Å². The van der Waals surface area contributed by atoms with E-state index in [0.29, 0.717) is 0 Å². The Morgan fingerprint density at radius 3 is 0.969 bits per heavy atom. The summed E-state index contributed by atoms with van der Waals surface area (Å²) in [5.74, 6) is 0. The molecule has 3 heteroatoms. The zero-order valence-corrected chi connectivity index (χ0v) is 38.0. The van der Waals surface area contributed by atoms with E-state index in [1.54, 1.807) is 0 Å². The highest BCUT2D eigenvalue weighted by Crippen LogP contribution is 2.53. The number of hydrogen-bond donors (Lipinski definition) is 0. The number of rotatable bonds is 9. The molecule has 316 valence electrons. The number of para-hydroxylation sites is 3. The Morgan fingerprint density at radius 1 is 0.262 bits per heavy atom. The van der Waals surface area contributed by atoms with Crippen LogP contribution in [0.3, 0.4) is 0 Å². The van der Waals surface area contributed by atoms with Crippen molar-refractivity contribution in [2.24, 2.45) is 0 Å². The first-order valence-corrected chi connectivity index (χ1v) is 22.9. The Morgan fingerprint density at radius 2 is 0.569 bits per heavy atom. The number of nitrogens with zero attached hydrogens (tertiary/aromatic N) is 3. The Labute approximate surface area is 384 Å². The van der Waals surface area contributed by atoms with Crippen molar-refractivity contribution in [2.75, 3.05) is 14.7 Å². The normalized spacial score (nSPS) is 13.6. The van der Waals surface area contributed by atoms with E-state index >= 15 is 0 Å². The zero-order chi connectivity index (χ0) is 44.5. The molecule has 2 aliphatic carbocycles. The summed E-state index contributed by atoms with van der Waals surface area (Å²) in [4.78, 5) is 7.19. The maximum absolute atomic E-state index is 2.42. The standard InChI is InChI=1S/C62H53N3/c1-42-18-17-19-43(2)60(42)65(48-32-28-46(29-33-48)63(44-20-9-7-10-21-44)50-36-38-54-52-24-13-15-26-56(52)61(3,4)58(54)40-50)49-34-30-47(31-35-49)64(45-22-11-8-12-23-45)51-37-39-55-53-25-14-16-27-57(53)62(5,6)59(55)41-51/h7-41H,1-6H3. The third-order valence-corrected chi connectivity index (χ3v) is 14.1. The van der Waals surface area contributed by atoms with Gasteiger partial charge in [-0.05, 0) is 167 Å². The van der Waals surface area contributed by atoms with Gasteiger partial charge < -0.3 is 14.7 Å². The smallest absolute Gasteiger partial charge is 0.0519 e. The van der Waals surface area contributed by atoms with E-state index in [-0.39, 0.29) is 10.8 Å². The van der Waals surface area contributed by atoms with Gasteiger partial charge in [0, 0.05) is 56.3 Å². The highest BCUT2D eigenvalue weighted by molar-refractivity contribution is 5.89. The molecule has 0 saturated heterocycles. The first-order chi connectivity index (χ1) is 31.6. The second-order valence-corrected chi connectivity index (χ2v) is 18.8. The van der Waals surface area contributed by atoms with Gasteiger partial charge in [0.25, 0.3) is 0 Å². The predicted molar refractivity (Wildman–Crippen MR) is 275 cm³/mol. The molecule has 9 aromatic rings. The van der Waals surface area contributed by atoms with Crippen molar-refractivity contribution in [3.05, 3.63) is 246 Å². The van der Waals surface area contributed by atoms with Gasteiger partial charge in [0.1, 0.15) is 0 Å². The lowest BCUT2D eigenvalue weighted by molar-refractivity contribution is 0.660. The first kappa shape index (κ1) is 40.2. The highest BCUT2D eigenvalue weighted by atomic mass is 15.2. The van der Waals surface area contributed by atoms with Crippen molar-refractivity contribution in [3.63, 3.8) is 0 Å². The lowest BCUT2D eigenvalue weighted by atomic mass is 9.82. The average Bonchev–Trinajstić information content (AvgIpc) is 3.71. The van der Waals surface area contributed by atoms with Crippen LogP contribution >= 0.6 is 0 Å². The van der Waals surface area contributed by atoms with Crippen LogP contribution < -0.4 is 14.7 Å². The molecule has 0 atom stereocenters. The summed E-state index contributed by atoms with van der Waals surface area (Å²) in [6.07, 6.45) is 0. The maximum atomic E-state index is 2.42. The molecule has 11 rings (SSSR count). The van der Waals surface area contributed by atoms with Crippen LogP contribution in [0.25, 0.3) is 22.3 Å². The van der Waals surface area contributed by atoms with Crippen molar-refractivity contribution in [1.82, 2.24) is 0 Å². The van der Waals surface area contributed by atoms with Gasteiger partial charge in [-0.2, -0.15) is 0 Å². The van der Waals surface area contributed by atoms with Crippen LogP contribution in [0.15, 0.2) is 212 Å². The van der Waals surface area contributed by atoms with E-state index < -0.39 is 0 Å². The summed E-state index contributed by atoms with van der Waals surface area (Å²) in [6.45, 7) is 13.8. The molecule has 9 aromatic carbocycles. The molecule has 0 heterocycles. The van der Waals surface area contributed by atoms with E-state index in [4.69, 9.17) is 0 Å². The van der Waals surface area contributed by atoms with Crippen molar-refractivity contribution < 1.29 is 0 Å². The van der Waals surface area contributed by atoms with E-state index in [2.05, 4.69) is 269 Å². The summed E-state index contributed by atoms with van der Waals surface area (Å²) in [5, 5.41) is 0. The minimum atomic E-state index is -0.0988. The molecule has 0 unspecified atom stereocenters. The molecule has 0 bridgehead atoms. The molecule has 2 aliphatic rings. The zero-order valence-electron chi connectivity index (χ0n) is 38.0. The van der Waals surface area contributed by atoms with Gasteiger partial charge in [0.2, 0.25) is 0 Å². The Kier molecular flexibility index (Phi) is 9.62. The van der Waals surface area contributed by atoms with Crippen LogP contribution in [-0.2, 0) is 10.8 Å². The molecule has 0 aromatic heterocycles. The fourth-order valence-electron chi connectivity index (χ4n) is 10.8. The molecule has 0 radical (unpaired) electrons. The van der Waals surface area contributed by atoms with Crippen molar-refractivity contribution >= 4 is 51.2 Å². The van der Waals surface area contributed by atoms with Gasteiger partial charge >= 0.3 is 0 Å². The van der Waals surface area contributed by atoms with Gasteiger partial charge in [-0.3, -0.25) is 0 Å². The SMILES string of the molecule is Cc1cccc(C)c1N(c1ccc(N(c2ccccc2)c2ccc3c(c2)C(C)(C)c2ccccc2-3)cc1)c1ccc(N(c2ccccc2)c2ccc3c(c2)C(C)(C)c2ccccc2-3)cc1. The van der Waals surface area contributed by atoms with Crippen LogP contribution in [0.2, 0.25) is 0 Å². The van der Waals surface area contributed by atoms with Crippen molar-refractivity contribution in [3.8, 4) is 22.3 Å². The van der Waals surface area contributed by atoms with Gasteiger partial charge in [-0.1, -0.05) is 143 Å². The molecule has 65 heavy (non-hydrogen) atoms. The quantitative estimate of drug-likeness (QED) is 0.143. The second kappa shape index (κ2) is 15.6. The van der Waals surface area contributed by atoms with E-state index in [1.807, 2.05) is 0 Å². The minimum Gasteiger partial charge on any atom is -0.310 e. The lowest BCUT2D eigenvalue weighted by Gasteiger charge is -2.31. The molecule has 0 aliphatic heterocycles. The number of fused-ring (bicyclic) bond motifs is 6. The van der Waals surface area contributed by atoms with Crippen LogP contribution in [0.1, 0.15) is 61.1 Å². The van der Waals surface area contributed by atoms with Gasteiger partial charge in [-0.25, -0.2) is 0 Å². The monoisotopic (exact) mass is 839 g/mol. The van der Waals surface area contributed by atoms with Crippen LogP contribution in [0, 0.1) is 13.8 Å². The van der Waals surface area contributed by atoms with Crippen LogP contribution in [-0.4, -0.2) is 0 Å². The summed E-state index contributed by atoms with van der Waals surface area (Å²) >= 11 is 0. The predicted octanol–water partition coefficient (Wildman–Crippen LogP) is 17.3. The Balaban J connectivity index is 0.986. The van der Waals surface area contributed by atoms with Gasteiger partial charge in [-0.15, -0.1) is 0 Å². The number of aryl methyl sites for hydroxylation is 2. The second-order valence-electron chi connectivity index (χ2n) is 18.8. The third-order valence-electron chi connectivity index (χ3n) is 14.1. The summed E-state index contributed by atoms with van der Waals surface area (Å²) < 4.78 is 0. The largest absolute Gasteiger partial charge is 0.310 e. The Bertz CT molecular complexity index is 3000. The topological polar surface area (TPSA) is 9.72 Å². The maximum Gasteiger partial charge on any atom is 0.0519 e. The third kappa shape index (κ3) is 6.65. The molecular formula is C62H53N3. The minimum absolute atomic E-state index is 0.0988. The van der Waals surface area contributed by atoms with Crippen molar-refractivity contribution in [2.45, 2.75) is 52.4 Å². The molecule has 3 nitrogen and oxygen atoms in total. The van der Waals surface area contributed by atoms with Gasteiger partial charge in [0.05, 0.1) is 5.69 Å². The van der Waals surface area contributed by atoms with E-state index in [0.717, 1.165) is 45.5 Å². The Hall–Kier alpha value is -7.62. The fraction of sp³-hybridized carbons (Fsp3) is 0.129. The molecule has 0 amide bonds. The molecule has 0 N–H and O–H groups in total. The number of benzene rings is 9.